The molecule has 0 spiro atoms. The number of aromatic nitrogens is 1. The van der Waals surface area contributed by atoms with Gasteiger partial charge in [-0.2, -0.15) is 0 Å². The van der Waals surface area contributed by atoms with Crippen LogP contribution in [0.3, 0.4) is 0 Å². The van der Waals surface area contributed by atoms with E-state index in [-0.39, 0.29) is 10.8 Å². The third-order valence-electron chi connectivity index (χ3n) is 9.68. The Kier molecular flexibility index (Phi) is 5.30. The summed E-state index contributed by atoms with van der Waals surface area (Å²) < 4.78 is 14.0. The molecule has 0 unspecified atom stereocenters. The van der Waals surface area contributed by atoms with E-state index < -0.39 is 0 Å². The summed E-state index contributed by atoms with van der Waals surface area (Å²) in [7, 11) is 0. The van der Waals surface area contributed by atoms with Gasteiger partial charge in [-0.15, -0.1) is 11.3 Å². The van der Waals surface area contributed by atoms with Crippen LogP contribution in [-0.4, -0.2) is 4.98 Å². The SMILES string of the molecule is CC1(C)c2ccccc2N2c3ccc(-c4ccc5oc6ccc(-c7nc8ccccc8s7)cc6c(=O)c5c4)cc3Oc3cccc1c32. The number of thiazole rings is 1. The zero-order valence-corrected chi connectivity index (χ0v) is 26.4. The second-order valence-electron chi connectivity index (χ2n) is 12.8. The lowest BCUT2D eigenvalue weighted by molar-refractivity contribution is 0.471. The van der Waals surface area contributed by atoms with Gasteiger partial charge in [-0.05, 0) is 89.0 Å². The molecule has 2 aliphatic rings. The molecular formula is C41H26N2O3S. The molecule has 2 aliphatic heterocycles. The Balaban J connectivity index is 1.09. The number of benzene rings is 6. The summed E-state index contributed by atoms with van der Waals surface area (Å²) >= 11 is 1.62. The molecule has 8 aromatic rings. The maximum Gasteiger partial charge on any atom is 0.200 e. The van der Waals surface area contributed by atoms with E-state index in [0.717, 1.165) is 60.5 Å². The van der Waals surface area contributed by atoms with Gasteiger partial charge in [0.05, 0.1) is 38.1 Å². The van der Waals surface area contributed by atoms with Gasteiger partial charge in [0, 0.05) is 11.0 Å². The largest absolute Gasteiger partial charge is 0.456 e. The lowest BCUT2D eigenvalue weighted by atomic mass is 9.73. The number of fused-ring (bicyclic) bond motifs is 7. The Labute approximate surface area is 273 Å². The molecule has 0 saturated heterocycles. The van der Waals surface area contributed by atoms with Crippen LogP contribution in [0.5, 0.6) is 11.5 Å². The summed E-state index contributed by atoms with van der Waals surface area (Å²) in [5.41, 5.74) is 10.4. The minimum atomic E-state index is -0.162. The fourth-order valence-corrected chi connectivity index (χ4v) is 8.26. The van der Waals surface area contributed by atoms with Crippen molar-refractivity contribution in [1.29, 1.82) is 0 Å². The molecule has 5 nitrogen and oxygen atoms in total. The summed E-state index contributed by atoms with van der Waals surface area (Å²) in [5.74, 6) is 1.61. The Hall–Kier alpha value is -5.72. The molecule has 6 heteroatoms. The lowest BCUT2D eigenvalue weighted by Crippen LogP contribution is -2.32. The van der Waals surface area contributed by atoms with Gasteiger partial charge in [0.25, 0.3) is 0 Å². The molecular weight excluding hydrogens is 601 g/mol. The van der Waals surface area contributed by atoms with Crippen LogP contribution in [-0.2, 0) is 5.41 Å². The van der Waals surface area contributed by atoms with Crippen molar-refractivity contribution in [1.82, 2.24) is 4.98 Å². The highest BCUT2D eigenvalue weighted by Gasteiger charge is 2.41. The molecule has 0 N–H and O–H groups in total. The van der Waals surface area contributed by atoms with Crippen molar-refractivity contribution in [3.8, 4) is 33.2 Å². The zero-order chi connectivity index (χ0) is 31.4. The van der Waals surface area contributed by atoms with Gasteiger partial charge >= 0.3 is 0 Å². The molecule has 47 heavy (non-hydrogen) atoms. The topological polar surface area (TPSA) is 55.6 Å². The van der Waals surface area contributed by atoms with Gasteiger partial charge < -0.3 is 14.1 Å². The first-order valence-electron chi connectivity index (χ1n) is 15.7. The van der Waals surface area contributed by atoms with Gasteiger partial charge in [-0.3, -0.25) is 4.79 Å². The minimum absolute atomic E-state index is 0.0609. The average Bonchev–Trinajstić information content (AvgIpc) is 3.54. The van der Waals surface area contributed by atoms with Crippen molar-refractivity contribution in [2.75, 3.05) is 4.90 Å². The number of nitrogens with zero attached hydrogens (tertiary/aromatic N) is 2. The average molecular weight is 627 g/mol. The standard InChI is InChI=1S/C41H26N2O3S/c1-41(2)28-8-3-5-11-31(28)43-32-17-14-24(22-36(32)46-35-12-7-9-29(41)38(35)43)23-15-18-33-26(20-23)39(44)27-21-25(16-19-34(27)45-33)40-42-30-10-4-6-13-37(30)47-40/h3-22H,1-2H3. The van der Waals surface area contributed by atoms with Gasteiger partial charge in [0.2, 0.25) is 5.43 Å². The van der Waals surface area contributed by atoms with E-state index in [2.05, 4.69) is 79.4 Å². The highest BCUT2D eigenvalue weighted by molar-refractivity contribution is 7.21. The lowest BCUT2D eigenvalue weighted by Gasteiger charge is -2.44. The molecule has 224 valence electrons. The van der Waals surface area contributed by atoms with E-state index in [4.69, 9.17) is 14.1 Å². The number of para-hydroxylation sites is 3. The predicted molar refractivity (Wildman–Crippen MR) is 191 cm³/mol. The molecule has 0 aliphatic carbocycles. The van der Waals surface area contributed by atoms with E-state index in [1.165, 1.54) is 11.1 Å². The third-order valence-corrected chi connectivity index (χ3v) is 10.8. The maximum absolute atomic E-state index is 14.0. The number of anilines is 3. The molecule has 0 radical (unpaired) electrons. The number of hydrogen-bond acceptors (Lipinski definition) is 6. The number of ether oxygens (including phenoxy) is 1. The molecule has 0 fully saturated rings. The zero-order valence-electron chi connectivity index (χ0n) is 25.6. The maximum atomic E-state index is 14.0. The molecule has 0 saturated carbocycles. The minimum Gasteiger partial charge on any atom is -0.456 e. The van der Waals surface area contributed by atoms with E-state index in [1.807, 2.05) is 60.7 Å². The first-order chi connectivity index (χ1) is 22.9. The third kappa shape index (κ3) is 3.76. The van der Waals surface area contributed by atoms with Crippen molar-refractivity contribution in [2.24, 2.45) is 0 Å². The van der Waals surface area contributed by atoms with Gasteiger partial charge in [0.1, 0.15) is 16.2 Å². The second kappa shape index (κ2) is 9.41. The normalized spacial score (nSPS) is 14.1. The molecule has 10 rings (SSSR count). The Bertz CT molecular complexity index is 2650. The van der Waals surface area contributed by atoms with Gasteiger partial charge in [-0.1, -0.05) is 68.4 Å². The quantitative estimate of drug-likeness (QED) is 0.179. The fraction of sp³-hybridized carbons (Fsp3) is 0.0732. The smallest absolute Gasteiger partial charge is 0.200 e. The first kappa shape index (κ1) is 26.5. The molecule has 0 bridgehead atoms. The summed E-state index contributed by atoms with van der Waals surface area (Å²) in [6.45, 7) is 4.55. The molecule has 4 heterocycles. The van der Waals surface area contributed by atoms with Crippen molar-refractivity contribution >= 4 is 60.6 Å². The van der Waals surface area contributed by atoms with E-state index >= 15 is 0 Å². The number of hydrogen-bond donors (Lipinski definition) is 0. The van der Waals surface area contributed by atoms with Crippen LogP contribution < -0.4 is 15.1 Å². The second-order valence-corrected chi connectivity index (χ2v) is 13.8. The first-order valence-corrected chi connectivity index (χ1v) is 16.5. The molecule has 0 atom stereocenters. The van der Waals surface area contributed by atoms with E-state index in [0.29, 0.717) is 21.9 Å². The van der Waals surface area contributed by atoms with Gasteiger partial charge in [0.15, 0.2) is 11.5 Å². The Morgan fingerprint density at radius 3 is 2.21 bits per heavy atom. The monoisotopic (exact) mass is 626 g/mol. The van der Waals surface area contributed by atoms with Crippen LogP contribution in [0.1, 0.15) is 25.0 Å². The van der Waals surface area contributed by atoms with E-state index in [1.54, 1.807) is 11.3 Å². The van der Waals surface area contributed by atoms with Crippen LogP contribution in [0, 0.1) is 0 Å². The molecule has 0 amide bonds. The van der Waals surface area contributed by atoms with Crippen LogP contribution >= 0.6 is 11.3 Å². The summed E-state index contributed by atoms with van der Waals surface area (Å²) in [5, 5.41) is 1.96. The molecule has 2 aromatic heterocycles. The summed E-state index contributed by atoms with van der Waals surface area (Å²) in [4.78, 5) is 21.1. The van der Waals surface area contributed by atoms with Crippen molar-refractivity contribution in [3.63, 3.8) is 0 Å². The van der Waals surface area contributed by atoms with Crippen LogP contribution in [0.25, 0.3) is 53.9 Å². The fourth-order valence-electron chi connectivity index (χ4n) is 7.30. The number of rotatable bonds is 2. The van der Waals surface area contributed by atoms with E-state index in [9.17, 15) is 4.79 Å². The van der Waals surface area contributed by atoms with Crippen LogP contribution in [0.2, 0.25) is 0 Å². The van der Waals surface area contributed by atoms with Crippen LogP contribution in [0.4, 0.5) is 17.1 Å². The Morgan fingerprint density at radius 1 is 0.660 bits per heavy atom. The highest BCUT2D eigenvalue weighted by atomic mass is 32.1. The summed E-state index contributed by atoms with van der Waals surface area (Å²) in [6.07, 6.45) is 0. The Morgan fingerprint density at radius 2 is 1.36 bits per heavy atom. The predicted octanol–water partition coefficient (Wildman–Crippen LogP) is 11.1. The highest BCUT2D eigenvalue weighted by Crippen LogP contribution is 2.59. The summed E-state index contributed by atoms with van der Waals surface area (Å²) in [6, 6.07) is 40.9. The van der Waals surface area contributed by atoms with Crippen molar-refractivity contribution in [2.45, 2.75) is 19.3 Å². The van der Waals surface area contributed by atoms with Crippen molar-refractivity contribution < 1.29 is 9.15 Å². The van der Waals surface area contributed by atoms with Crippen molar-refractivity contribution in [3.05, 3.63) is 143 Å². The van der Waals surface area contributed by atoms with Gasteiger partial charge in [-0.25, -0.2) is 4.98 Å². The molecule has 6 aromatic carbocycles. The van der Waals surface area contributed by atoms with Crippen LogP contribution in [0.15, 0.2) is 131 Å².